The summed E-state index contributed by atoms with van der Waals surface area (Å²) in [4.78, 5) is 2.32. The zero-order valence-corrected chi connectivity index (χ0v) is 19.5. The van der Waals surface area contributed by atoms with E-state index in [1.807, 2.05) is 45.0 Å². The predicted octanol–water partition coefficient (Wildman–Crippen LogP) is 3.45. The Hall–Kier alpha value is -2.66. The van der Waals surface area contributed by atoms with Gasteiger partial charge in [0.15, 0.2) is 6.79 Å². The van der Waals surface area contributed by atoms with Crippen molar-refractivity contribution in [2.24, 2.45) is 0 Å². The molecule has 2 aromatic rings. The maximum atomic E-state index is 9.47. The number of aryl methyl sites for hydroxylation is 1. The smallest absolute Gasteiger partial charge is 0.189 e. The van der Waals surface area contributed by atoms with Crippen LogP contribution in [-0.2, 0) is 4.74 Å². The Morgan fingerprint density at radius 2 is 2.16 bits per heavy atom. The molecule has 7 heteroatoms. The predicted molar refractivity (Wildman–Crippen MR) is 127 cm³/mol. The first-order valence-corrected chi connectivity index (χ1v) is 11.3. The fourth-order valence-electron chi connectivity index (χ4n) is 3.92. The van der Waals surface area contributed by atoms with Gasteiger partial charge in [-0.2, -0.15) is 0 Å². The average Bonchev–Trinajstić information content (AvgIpc) is 2.80. The number of benzene rings is 1. The van der Waals surface area contributed by atoms with E-state index in [-0.39, 0.29) is 25.5 Å². The first-order valence-electron chi connectivity index (χ1n) is 11.3. The molecule has 0 amide bonds. The van der Waals surface area contributed by atoms with Gasteiger partial charge in [-0.3, -0.25) is 4.90 Å². The fraction of sp³-hybridized carbons (Fsp3) is 0.520. The minimum absolute atomic E-state index is 0.170. The topological polar surface area (TPSA) is 79.7 Å². The van der Waals surface area contributed by atoms with Gasteiger partial charge in [-0.15, -0.1) is 16.1 Å². The first kappa shape index (κ1) is 24.0. The van der Waals surface area contributed by atoms with Crippen molar-refractivity contribution in [1.29, 1.82) is 0 Å². The normalized spacial score (nSPS) is 17.3. The zero-order chi connectivity index (χ0) is 22.9. The summed E-state index contributed by atoms with van der Waals surface area (Å²) >= 11 is 0. The number of rotatable bonds is 9. The van der Waals surface area contributed by atoms with Crippen LogP contribution in [0.5, 0.6) is 5.75 Å². The van der Waals surface area contributed by atoms with Crippen LogP contribution in [0.2, 0.25) is 0 Å². The van der Waals surface area contributed by atoms with Crippen molar-refractivity contribution < 1.29 is 14.6 Å². The molecule has 1 fully saturated rings. The summed E-state index contributed by atoms with van der Waals surface area (Å²) < 4.78 is 11.2. The van der Waals surface area contributed by atoms with Crippen LogP contribution in [0.3, 0.4) is 0 Å². The van der Waals surface area contributed by atoms with E-state index in [1.165, 1.54) is 0 Å². The van der Waals surface area contributed by atoms with Crippen LogP contribution in [0.15, 0.2) is 24.3 Å². The van der Waals surface area contributed by atoms with Gasteiger partial charge < -0.3 is 19.9 Å². The van der Waals surface area contributed by atoms with Gasteiger partial charge >= 0.3 is 0 Å². The van der Waals surface area contributed by atoms with Gasteiger partial charge in [-0.1, -0.05) is 5.92 Å². The van der Waals surface area contributed by atoms with Crippen molar-refractivity contribution in [1.82, 2.24) is 15.1 Å². The Bertz CT molecular complexity index is 954. The van der Waals surface area contributed by atoms with Crippen LogP contribution in [0.4, 0.5) is 5.82 Å². The van der Waals surface area contributed by atoms with Crippen LogP contribution in [0.1, 0.15) is 44.7 Å². The van der Waals surface area contributed by atoms with Crippen LogP contribution >= 0.6 is 0 Å². The van der Waals surface area contributed by atoms with Crippen molar-refractivity contribution >= 4 is 5.82 Å². The molecular formula is C25H34N4O3. The molecule has 1 aromatic heterocycles. The molecule has 0 spiro atoms. The highest BCUT2D eigenvalue weighted by Crippen LogP contribution is 2.32. The molecule has 0 radical (unpaired) electrons. The van der Waals surface area contributed by atoms with Crippen molar-refractivity contribution in [3.63, 3.8) is 0 Å². The summed E-state index contributed by atoms with van der Waals surface area (Å²) in [6, 6.07) is 8.34. The molecule has 2 atom stereocenters. The van der Waals surface area contributed by atoms with E-state index >= 15 is 0 Å². The number of aliphatic hydroxyl groups excluding tert-OH is 1. The van der Waals surface area contributed by atoms with Gasteiger partial charge in [0, 0.05) is 36.4 Å². The van der Waals surface area contributed by atoms with E-state index in [0.29, 0.717) is 12.4 Å². The number of piperidine rings is 1. The quantitative estimate of drug-likeness (QED) is 0.353. The number of hydrogen-bond acceptors (Lipinski definition) is 7. The lowest BCUT2D eigenvalue weighted by molar-refractivity contribution is 0.0227. The molecule has 1 saturated heterocycles. The summed E-state index contributed by atoms with van der Waals surface area (Å²) in [7, 11) is 0. The van der Waals surface area contributed by atoms with Crippen LogP contribution in [0.25, 0.3) is 11.3 Å². The molecule has 0 saturated carbocycles. The Morgan fingerprint density at radius 1 is 1.31 bits per heavy atom. The third-order valence-corrected chi connectivity index (χ3v) is 5.68. The number of aromatic nitrogens is 2. The fourth-order valence-corrected chi connectivity index (χ4v) is 3.92. The maximum absolute atomic E-state index is 9.47. The molecule has 172 valence electrons. The number of ether oxygens (including phenoxy) is 2. The van der Waals surface area contributed by atoms with Crippen molar-refractivity contribution in [3.8, 4) is 28.8 Å². The summed E-state index contributed by atoms with van der Waals surface area (Å²) in [5.74, 6) is 7.43. The second-order valence-corrected chi connectivity index (χ2v) is 8.11. The number of nitrogens with one attached hydrogen (secondary N) is 1. The molecule has 0 bridgehead atoms. The largest absolute Gasteiger partial charge is 0.467 e. The highest BCUT2D eigenvalue weighted by atomic mass is 16.7. The number of aliphatic hydroxyl groups is 1. The molecule has 1 aliphatic rings. The monoisotopic (exact) mass is 438 g/mol. The minimum atomic E-state index is 0.170. The molecule has 3 rings (SSSR count). The van der Waals surface area contributed by atoms with Gasteiger partial charge in [0.2, 0.25) is 0 Å². The van der Waals surface area contributed by atoms with Gasteiger partial charge in [-0.25, -0.2) is 0 Å². The summed E-state index contributed by atoms with van der Waals surface area (Å²) in [6.07, 6.45) is 2.17. The SMILES string of the molecule is CC#Cc1ccc(-c2nnc(N[C@@H]3CCCN(C(C)CO)C3)cc2C)c(OCOCC)c1. The standard InChI is InChI=1S/C25H34N4O3/c1-5-8-20-10-11-22(23(14-20)32-17-31-6-2)25-18(3)13-24(27-28-25)26-21-9-7-12-29(15-21)19(4)16-30/h10-11,13-14,19,21,30H,6-7,9,12,15-17H2,1-4H3,(H,26,27)/t19?,21-/m1/s1. The van der Waals surface area contributed by atoms with Crippen molar-refractivity contribution in [3.05, 3.63) is 35.4 Å². The Labute approximate surface area is 191 Å². The number of nitrogens with zero attached hydrogens (tertiary/aromatic N) is 3. The molecule has 0 aliphatic carbocycles. The lowest BCUT2D eigenvalue weighted by Crippen LogP contribution is -2.47. The molecular weight excluding hydrogens is 404 g/mol. The lowest BCUT2D eigenvalue weighted by Gasteiger charge is -2.36. The summed E-state index contributed by atoms with van der Waals surface area (Å²) in [5.41, 5.74) is 3.53. The van der Waals surface area contributed by atoms with E-state index in [9.17, 15) is 5.11 Å². The summed E-state index contributed by atoms with van der Waals surface area (Å²) in [5, 5.41) is 22.0. The van der Waals surface area contributed by atoms with E-state index < -0.39 is 0 Å². The molecule has 2 heterocycles. The lowest BCUT2D eigenvalue weighted by atomic mass is 10.0. The van der Waals surface area contributed by atoms with Gasteiger partial charge in [-0.05, 0) is 76.9 Å². The second-order valence-electron chi connectivity index (χ2n) is 8.11. The van der Waals surface area contributed by atoms with Crippen LogP contribution < -0.4 is 10.1 Å². The third kappa shape index (κ3) is 6.19. The Kier molecular flexibility index (Phi) is 8.86. The van der Waals surface area contributed by atoms with Crippen LogP contribution in [0, 0.1) is 18.8 Å². The van der Waals surface area contributed by atoms with Gasteiger partial charge in [0.1, 0.15) is 11.6 Å². The summed E-state index contributed by atoms with van der Waals surface area (Å²) in [6.45, 7) is 10.7. The molecule has 32 heavy (non-hydrogen) atoms. The Morgan fingerprint density at radius 3 is 2.88 bits per heavy atom. The molecule has 1 aromatic carbocycles. The second kappa shape index (κ2) is 11.8. The highest BCUT2D eigenvalue weighted by Gasteiger charge is 2.23. The van der Waals surface area contributed by atoms with Crippen LogP contribution in [-0.4, -0.2) is 65.4 Å². The molecule has 1 unspecified atom stereocenters. The van der Waals surface area contributed by atoms with Crippen molar-refractivity contribution in [2.75, 3.05) is 38.4 Å². The number of anilines is 1. The molecule has 7 nitrogen and oxygen atoms in total. The van der Waals surface area contributed by atoms with Gasteiger partial charge in [0.25, 0.3) is 0 Å². The average molecular weight is 439 g/mol. The first-order chi connectivity index (χ1) is 15.5. The number of likely N-dealkylation sites (tertiary alicyclic amines) is 1. The minimum Gasteiger partial charge on any atom is -0.467 e. The van der Waals surface area contributed by atoms with E-state index in [4.69, 9.17) is 9.47 Å². The third-order valence-electron chi connectivity index (χ3n) is 5.68. The Balaban J connectivity index is 1.79. The number of hydrogen-bond donors (Lipinski definition) is 2. The molecule has 1 aliphatic heterocycles. The maximum Gasteiger partial charge on any atom is 0.189 e. The van der Waals surface area contributed by atoms with E-state index in [1.54, 1.807) is 0 Å². The van der Waals surface area contributed by atoms with E-state index in [2.05, 4.69) is 39.2 Å². The molecule has 2 N–H and O–H groups in total. The van der Waals surface area contributed by atoms with Gasteiger partial charge in [0.05, 0.1) is 12.3 Å². The zero-order valence-electron chi connectivity index (χ0n) is 19.5. The highest BCUT2D eigenvalue weighted by molar-refractivity contribution is 5.71. The van der Waals surface area contributed by atoms with Crippen molar-refractivity contribution in [2.45, 2.75) is 52.6 Å². The van der Waals surface area contributed by atoms with E-state index in [0.717, 1.165) is 54.1 Å².